The van der Waals surface area contributed by atoms with Crippen molar-refractivity contribution in [1.29, 1.82) is 0 Å². The van der Waals surface area contributed by atoms with Crippen LogP contribution in [0.1, 0.15) is 54.9 Å². The number of rotatable bonds is 8. The molecule has 4 aliphatic rings. The molecule has 7 nitrogen and oxygen atoms in total. The first-order valence-electron chi connectivity index (χ1n) is 17.3. The third-order valence-electron chi connectivity index (χ3n) is 11.8. The van der Waals surface area contributed by atoms with Crippen LogP contribution in [0.4, 0.5) is 0 Å². The maximum atomic E-state index is 12.7. The quantitative estimate of drug-likeness (QED) is 0.266. The van der Waals surface area contributed by atoms with Crippen LogP contribution >= 0.6 is 0 Å². The van der Waals surface area contributed by atoms with Crippen LogP contribution < -0.4 is 10.5 Å². The number of hydrogen-bond donors (Lipinski definition) is 4. The van der Waals surface area contributed by atoms with Crippen molar-refractivity contribution in [3.63, 3.8) is 0 Å². The van der Waals surface area contributed by atoms with Crippen LogP contribution in [-0.2, 0) is 13.0 Å². The van der Waals surface area contributed by atoms with Gasteiger partial charge < -0.3 is 25.8 Å². The molecule has 1 saturated heterocycles. The van der Waals surface area contributed by atoms with E-state index in [1.807, 2.05) is 25.9 Å². The molecule has 0 bridgehead atoms. The lowest BCUT2D eigenvalue weighted by atomic mass is 9.55. The molecule has 0 saturated carbocycles. The Morgan fingerprint density at radius 1 is 1.12 bits per heavy atom. The van der Waals surface area contributed by atoms with E-state index in [-0.39, 0.29) is 29.9 Å². The second-order valence-corrected chi connectivity index (χ2v) is 14.7. The summed E-state index contributed by atoms with van der Waals surface area (Å²) < 4.78 is 5.85. The van der Waals surface area contributed by atoms with E-state index in [9.17, 15) is 15.3 Å². The molecule has 2 aromatic carbocycles. The molecule has 4 atom stereocenters. The first-order chi connectivity index (χ1) is 22.8. The summed E-state index contributed by atoms with van der Waals surface area (Å²) in [6.45, 7) is 20.2. The highest BCUT2D eigenvalue weighted by atomic mass is 16.5. The number of likely N-dealkylation sites (N-methyl/N-ethyl adjacent to an activating group) is 1. The van der Waals surface area contributed by atoms with Gasteiger partial charge in [0.25, 0.3) is 0 Å². The van der Waals surface area contributed by atoms with E-state index in [1.165, 1.54) is 16.7 Å². The Bertz CT molecular complexity index is 1730. The average Bonchev–Trinajstić information content (AvgIpc) is 3.03. The van der Waals surface area contributed by atoms with Crippen molar-refractivity contribution in [3.8, 4) is 16.9 Å². The second kappa shape index (κ2) is 13.0. The highest BCUT2D eigenvalue weighted by molar-refractivity contribution is 5.89. The molecule has 1 unspecified atom stereocenters. The number of aliphatic hydroxyl groups is 3. The number of hydrogen-bond acceptors (Lipinski definition) is 7. The monoisotopic (exact) mass is 651 g/mol. The number of ether oxygens (including phenoxy) is 1. The Hall–Kier alpha value is -3.62. The summed E-state index contributed by atoms with van der Waals surface area (Å²) in [5.74, 6) is 1.41. The zero-order valence-electron chi connectivity index (χ0n) is 29.4. The number of benzene rings is 2. The van der Waals surface area contributed by atoms with Gasteiger partial charge in [0.1, 0.15) is 17.1 Å². The first-order valence-corrected chi connectivity index (χ1v) is 17.3. The Balaban J connectivity index is 1.41. The van der Waals surface area contributed by atoms with Crippen LogP contribution in [0, 0.1) is 24.7 Å². The van der Waals surface area contributed by atoms with Crippen molar-refractivity contribution in [3.05, 3.63) is 106 Å². The van der Waals surface area contributed by atoms with Crippen molar-refractivity contribution in [1.82, 2.24) is 9.80 Å². The number of nitrogens with two attached hydrogens (primary N) is 1. The number of piperidine rings is 1. The van der Waals surface area contributed by atoms with Gasteiger partial charge in [-0.3, -0.25) is 9.80 Å². The minimum absolute atomic E-state index is 0.111. The van der Waals surface area contributed by atoms with E-state index in [4.69, 9.17) is 10.5 Å². The summed E-state index contributed by atoms with van der Waals surface area (Å²) in [6, 6.07) is 10.5. The average molecular weight is 652 g/mol. The van der Waals surface area contributed by atoms with Crippen LogP contribution in [0.3, 0.4) is 0 Å². The summed E-state index contributed by atoms with van der Waals surface area (Å²) in [5, 5.41) is 33.6. The van der Waals surface area contributed by atoms with Gasteiger partial charge in [-0.2, -0.15) is 0 Å². The van der Waals surface area contributed by atoms with Gasteiger partial charge in [0.2, 0.25) is 0 Å². The fraction of sp³-hybridized carbons (Fsp3) is 0.463. The summed E-state index contributed by atoms with van der Waals surface area (Å²) in [7, 11) is 5.59. The Kier molecular flexibility index (Phi) is 9.28. The molecule has 6 rings (SSSR count). The van der Waals surface area contributed by atoms with Crippen molar-refractivity contribution in [2.24, 2.45) is 23.5 Å². The SMILES string of the molecule is C=C(N)C1=C(O)C(N(C)C)[C@@H]2C[C@@H]3Cc4c(-c5ccc(OC)c(CN6CCC(CCO)CC6)c5)ccc(C)c4C(=C)C3=C(C)[C@]2(O)C1=C. The van der Waals surface area contributed by atoms with Gasteiger partial charge in [-0.15, -0.1) is 0 Å². The topological polar surface area (TPSA) is 102 Å². The van der Waals surface area contributed by atoms with E-state index in [0.29, 0.717) is 23.5 Å². The Labute approximate surface area is 286 Å². The van der Waals surface area contributed by atoms with Gasteiger partial charge in [-0.05, 0) is 147 Å². The molecular weight excluding hydrogens is 598 g/mol. The van der Waals surface area contributed by atoms with E-state index in [0.717, 1.165) is 84.5 Å². The zero-order chi connectivity index (χ0) is 34.7. The van der Waals surface area contributed by atoms with Crippen LogP contribution in [0.25, 0.3) is 16.7 Å². The normalized spacial score (nSPS) is 26.5. The molecule has 7 heteroatoms. The van der Waals surface area contributed by atoms with Gasteiger partial charge in [-0.1, -0.05) is 37.9 Å². The highest BCUT2D eigenvalue weighted by Gasteiger charge is 2.57. The second-order valence-electron chi connectivity index (χ2n) is 14.7. The maximum absolute atomic E-state index is 12.7. The van der Waals surface area contributed by atoms with Gasteiger partial charge in [0, 0.05) is 35.9 Å². The summed E-state index contributed by atoms with van der Waals surface area (Å²) >= 11 is 0. The molecule has 3 aliphatic carbocycles. The van der Waals surface area contributed by atoms with Crippen molar-refractivity contribution in [2.45, 2.75) is 64.1 Å². The van der Waals surface area contributed by atoms with Gasteiger partial charge in [0.05, 0.1) is 13.2 Å². The van der Waals surface area contributed by atoms with E-state index in [1.54, 1.807) is 7.11 Å². The number of allylic oxidation sites excluding steroid dienone is 3. The number of aliphatic hydroxyl groups excluding tert-OH is 2. The smallest absolute Gasteiger partial charge is 0.123 e. The van der Waals surface area contributed by atoms with Crippen LogP contribution in [0.2, 0.25) is 0 Å². The lowest BCUT2D eigenvalue weighted by molar-refractivity contribution is -0.0178. The third-order valence-corrected chi connectivity index (χ3v) is 11.8. The number of nitrogens with zero attached hydrogens (tertiary/aromatic N) is 2. The van der Waals surface area contributed by atoms with Crippen molar-refractivity contribution >= 4 is 5.57 Å². The van der Waals surface area contributed by atoms with Gasteiger partial charge in [-0.25, -0.2) is 0 Å². The predicted molar refractivity (Wildman–Crippen MR) is 194 cm³/mol. The van der Waals surface area contributed by atoms with Gasteiger partial charge >= 0.3 is 0 Å². The summed E-state index contributed by atoms with van der Waals surface area (Å²) in [4.78, 5) is 4.47. The molecule has 0 radical (unpaired) electrons. The molecular formula is C41H53N3O4. The Morgan fingerprint density at radius 3 is 2.46 bits per heavy atom. The van der Waals surface area contributed by atoms with Crippen LogP contribution in [0.15, 0.2) is 83.8 Å². The standard InChI is InChI=1S/C41H53N3O4/c1-23-9-11-32(29-10-12-35(48-8)31(19-29)22-44-16-13-28(14-17-44)15-18-45)33-20-30-21-34-39(43(6)7)40(46)38(27(5)42)26(4)41(34,47)25(3)37(30)24(2)36(23)33/h9-12,19,28,30,34,39,45-47H,2,4-5,13-18,20-22,42H2,1,3,6-8H3/t30-,34-,39?,41-/m0/s1. The largest absolute Gasteiger partial charge is 0.510 e. The summed E-state index contributed by atoms with van der Waals surface area (Å²) in [6.07, 6.45) is 4.58. The van der Waals surface area contributed by atoms with Crippen molar-refractivity contribution < 1.29 is 20.1 Å². The van der Waals surface area contributed by atoms with E-state index in [2.05, 4.69) is 61.9 Å². The minimum Gasteiger partial charge on any atom is -0.510 e. The van der Waals surface area contributed by atoms with Gasteiger partial charge in [0.15, 0.2) is 0 Å². The molecule has 1 fully saturated rings. The molecule has 0 aromatic heterocycles. The molecule has 1 heterocycles. The molecule has 2 aromatic rings. The Morgan fingerprint density at radius 2 is 1.83 bits per heavy atom. The number of fused-ring (bicyclic) bond motifs is 3. The van der Waals surface area contributed by atoms with E-state index < -0.39 is 11.6 Å². The fourth-order valence-electron chi connectivity index (χ4n) is 9.47. The molecule has 256 valence electrons. The molecule has 5 N–H and O–H groups in total. The molecule has 0 amide bonds. The molecule has 0 spiro atoms. The maximum Gasteiger partial charge on any atom is 0.123 e. The number of aryl methyl sites for hydroxylation is 1. The lowest BCUT2D eigenvalue weighted by Gasteiger charge is -2.54. The fourth-order valence-corrected chi connectivity index (χ4v) is 9.47. The number of likely N-dealkylation sites (tertiary alicyclic amines) is 1. The van der Waals surface area contributed by atoms with E-state index >= 15 is 0 Å². The lowest BCUT2D eigenvalue weighted by Crippen LogP contribution is -2.58. The summed E-state index contributed by atoms with van der Waals surface area (Å²) in [5.41, 5.74) is 15.8. The molecule has 1 aliphatic heterocycles. The number of methoxy groups -OCH3 is 1. The van der Waals surface area contributed by atoms with Crippen LogP contribution in [-0.4, -0.2) is 77.7 Å². The highest BCUT2D eigenvalue weighted by Crippen LogP contribution is 2.58. The van der Waals surface area contributed by atoms with Crippen molar-refractivity contribution in [2.75, 3.05) is 40.9 Å². The zero-order valence-corrected chi connectivity index (χ0v) is 29.4. The third kappa shape index (κ3) is 5.45. The molecule has 48 heavy (non-hydrogen) atoms. The first kappa shape index (κ1) is 34.3. The van der Waals surface area contributed by atoms with Crippen LogP contribution in [0.5, 0.6) is 5.75 Å². The minimum atomic E-state index is -1.39. The predicted octanol–water partition coefficient (Wildman–Crippen LogP) is 6.30.